The van der Waals surface area contributed by atoms with Crippen molar-refractivity contribution in [3.05, 3.63) is 29.0 Å². The highest BCUT2D eigenvalue weighted by Crippen LogP contribution is 2.12. The molecule has 0 fully saturated rings. The zero-order chi connectivity index (χ0) is 8.27. The maximum absolute atomic E-state index is 5.80. The summed E-state index contributed by atoms with van der Waals surface area (Å²) >= 11 is 5.80. The molecule has 1 aromatic rings. The van der Waals surface area contributed by atoms with Crippen molar-refractivity contribution >= 4 is 11.6 Å². The standard InChI is InChI=1S/C8H11ClN2/c1-6(10)5-7-3-2-4-11-8(7)9/h2-4,6H,5,10H2,1H3/t6-/m1/s1. The summed E-state index contributed by atoms with van der Waals surface area (Å²) in [4.78, 5) is 3.94. The van der Waals surface area contributed by atoms with Crippen molar-refractivity contribution in [2.75, 3.05) is 0 Å². The van der Waals surface area contributed by atoms with Gasteiger partial charge in [0.05, 0.1) is 0 Å². The van der Waals surface area contributed by atoms with Crippen LogP contribution < -0.4 is 5.73 Å². The Hall–Kier alpha value is -0.600. The molecule has 1 heterocycles. The molecule has 2 nitrogen and oxygen atoms in total. The monoisotopic (exact) mass is 170 g/mol. The fourth-order valence-electron chi connectivity index (χ4n) is 0.918. The van der Waals surface area contributed by atoms with Crippen LogP contribution in [0.4, 0.5) is 0 Å². The SMILES string of the molecule is C[C@@H](N)Cc1cccnc1Cl. The van der Waals surface area contributed by atoms with Crippen LogP contribution in [0, 0.1) is 0 Å². The topological polar surface area (TPSA) is 38.9 Å². The zero-order valence-corrected chi connectivity index (χ0v) is 7.17. The van der Waals surface area contributed by atoms with Crippen molar-refractivity contribution in [2.45, 2.75) is 19.4 Å². The number of aromatic nitrogens is 1. The molecular weight excluding hydrogens is 160 g/mol. The molecule has 0 unspecified atom stereocenters. The van der Waals surface area contributed by atoms with E-state index in [2.05, 4.69) is 4.98 Å². The summed E-state index contributed by atoms with van der Waals surface area (Å²) in [6.45, 7) is 1.95. The van der Waals surface area contributed by atoms with Gasteiger partial charge < -0.3 is 5.73 Å². The number of hydrogen-bond acceptors (Lipinski definition) is 2. The molecule has 0 radical (unpaired) electrons. The van der Waals surface area contributed by atoms with E-state index in [1.807, 2.05) is 19.1 Å². The minimum atomic E-state index is 0.136. The van der Waals surface area contributed by atoms with Crippen LogP contribution in [0.1, 0.15) is 12.5 Å². The molecule has 0 aliphatic heterocycles. The van der Waals surface area contributed by atoms with Gasteiger partial charge in [0.25, 0.3) is 0 Å². The number of hydrogen-bond donors (Lipinski definition) is 1. The van der Waals surface area contributed by atoms with Gasteiger partial charge in [-0.25, -0.2) is 4.98 Å². The van der Waals surface area contributed by atoms with Crippen LogP contribution in [0.5, 0.6) is 0 Å². The molecule has 3 heteroatoms. The molecule has 0 saturated carbocycles. The lowest BCUT2D eigenvalue weighted by Gasteiger charge is -2.05. The zero-order valence-electron chi connectivity index (χ0n) is 6.42. The van der Waals surface area contributed by atoms with E-state index in [9.17, 15) is 0 Å². The van der Waals surface area contributed by atoms with Crippen LogP contribution in [0.25, 0.3) is 0 Å². The molecule has 2 N–H and O–H groups in total. The Morgan fingerprint density at radius 2 is 2.45 bits per heavy atom. The lowest BCUT2D eigenvalue weighted by molar-refractivity contribution is 0.736. The predicted octanol–water partition coefficient (Wildman–Crippen LogP) is 1.62. The van der Waals surface area contributed by atoms with Crippen molar-refractivity contribution in [3.63, 3.8) is 0 Å². The van der Waals surface area contributed by atoms with Crippen LogP contribution >= 0.6 is 11.6 Å². The van der Waals surface area contributed by atoms with Gasteiger partial charge in [0.15, 0.2) is 0 Å². The maximum Gasteiger partial charge on any atom is 0.132 e. The third-order valence-corrected chi connectivity index (χ3v) is 1.72. The molecule has 0 bridgehead atoms. The van der Waals surface area contributed by atoms with Crippen molar-refractivity contribution in [3.8, 4) is 0 Å². The fourth-order valence-corrected chi connectivity index (χ4v) is 1.11. The number of rotatable bonds is 2. The number of pyridine rings is 1. The molecule has 0 aliphatic carbocycles. The molecule has 0 aromatic carbocycles. The Bertz CT molecular complexity index is 235. The van der Waals surface area contributed by atoms with E-state index in [0.29, 0.717) is 5.15 Å². The molecule has 0 saturated heterocycles. The predicted molar refractivity (Wildman–Crippen MR) is 46.6 cm³/mol. The van der Waals surface area contributed by atoms with E-state index in [1.165, 1.54) is 0 Å². The van der Waals surface area contributed by atoms with Gasteiger partial charge in [-0.15, -0.1) is 0 Å². The first-order valence-corrected chi connectivity index (χ1v) is 3.93. The van der Waals surface area contributed by atoms with Crippen molar-refractivity contribution < 1.29 is 0 Å². The first kappa shape index (κ1) is 8.50. The highest BCUT2D eigenvalue weighted by Gasteiger charge is 2.01. The molecule has 1 aromatic heterocycles. The lowest BCUT2D eigenvalue weighted by Crippen LogP contribution is -2.18. The van der Waals surface area contributed by atoms with E-state index >= 15 is 0 Å². The first-order chi connectivity index (χ1) is 5.20. The van der Waals surface area contributed by atoms with E-state index in [-0.39, 0.29) is 6.04 Å². The highest BCUT2D eigenvalue weighted by molar-refractivity contribution is 6.30. The molecule has 11 heavy (non-hydrogen) atoms. The summed E-state index contributed by atoms with van der Waals surface area (Å²) in [5.41, 5.74) is 6.62. The summed E-state index contributed by atoms with van der Waals surface area (Å²) in [5.74, 6) is 0. The van der Waals surface area contributed by atoms with Crippen molar-refractivity contribution in [1.29, 1.82) is 0 Å². The molecular formula is C8H11ClN2. The second kappa shape index (κ2) is 3.69. The first-order valence-electron chi connectivity index (χ1n) is 3.55. The van der Waals surface area contributed by atoms with E-state index < -0.39 is 0 Å². The molecule has 1 rings (SSSR count). The molecule has 1 atom stereocenters. The Labute approximate surface area is 71.4 Å². The fraction of sp³-hybridized carbons (Fsp3) is 0.375. The second-order valence-electron chi connectivity index (χ2n) is 2.63. The lowest BCUT2D eigenvalue weighted by atomic mass is 10.1. The maximum atomic E-state index is 5.80. The number of nitrogens with two attached hydrogens (primary N) is 1. The Morgan fingerprint density at radius 1 is 1.73 bits per heavy atom. The highest BCUT2D eigenvalue weighted by atomic mass is 35.5. The number of halogens is 1. The third kappa shape index (κ3) is 2.48. The number of nitrogens with zero attached hydrogens (tertiary/aromatic N) is 1. The van der Waals surface area contributed by atoms with Gasteiger partial charge in [-0.1, -0.05) is 17.7 Å². The van der Waals surface area contributed by atoms with Gasteiger partial charge in [-0.05, 0) is 25.0 Å². The van der Waals surface area contributed by atoms with Crippen molar-refractivity contribution in [2.24, 2.45) is 5.73 Å². The molecule has 60 valence electrons. The smallest absolute Gasteiger partial charge is 0.132 e. The van der Waals surface area contributed by atoms with Gasteiger partial charge in [-0.3, -0.25) is 0 Å². The summed E-state index contributed by atoms with van der Waals surface area (Å²) in [6.07, 6.45) is 2.46. The third-order valence-electron chi connectivity index (χ3n) is 1.38. The Morgan fingerprint density at radius 3 is 3.00 bits per heavy atom. The van der Waals surface area contributed by atoms with Crippen LogP contribution in [-0.2, 0) is 6.42 Å². The summed E-state index contributed by atoms with van der Waals surface area (Å²) in [6, 6.07) is 3.94. The van der Waals surface area contributed by atoms with Gasteiger partial charge in [0.2, 0.25) is 0 Å². The minimum absolute atomic E-state index is 0.136. The van der Waals surface area contributed by atoms with Gasteiger partial charge in [0, 0.05) is 12.2 Å². The van der Waals surface area contributed by atoms with E-state index in [1.54, 1.807) is 6.20 Å². The Kier molecular flexibility index (Phi) is 2.85. The Balaban J connectivity index is 2.78. The average Bonchev–Trinajstić information content (AvgIpc) is 1.93. The summed E-state index contributed by atoms with van der Waals surface area (Å²) in [7, 11) is 0. The van der Waals surface area contributed by atoms with Gasteiger partial charge >= 0.3 is 0 Å². The van der Waals surface area contributed by atoms with Gasteiger partial charge in [-0.2, -0.15) is 0 Å². The molecule has 0 amide bonds. The van der Waals surface area contributed by atoms with Crippen LogP contribution in [0.2, 0.25) is 5.15 Å². The average molecular weight is 171 g/mol. The van der Waals surface area contributed by atoms with Crippen molar-refractivity contribution in [1.82, 2.24) is 4.98 Å². The normalized spacial score (nSPS) is 13.0. The largest absolute Gasteiger partial charge is 0.328 e. The summed E-state index contributed by atoms with van der Waals surface area (Å²) in [5, 5.41) is 0.560. The molecule has 0 aliphatic rings. The molecule has 0 spiro atoms. The van der Waals surface area contributed by atoms with Crippen LogP contribution in [-0.4, -0.2) is 11.0 Å². The van der Waals surface area contributed by atoms with E-state index in [4.69, 9.17) is 17.3 Å². The van der Waals surface area contributed by atoms with E-state index in [0.717, 1.165) is 12.0 Å². The summed E-state index contributed by atoms with van der Waals surface area (Å²) < 4.78 is 0. The van der Waals surface area contributed by atoms with Crippen LogP contribution in [0.3, 0.4) is 0 Å². The van der Waals surface area contributed by atoms with Crippen LogP contribution in [0.15, 0.2) is 18.3 Å². The minimum Gasteiger partial charge on any atom is -0.328 e. The van der Waals surface area contributed by atoms with Gasteiger partial charge in [0.1, 0.15) is 5.15 Å². The second-order valence-corrected chi connectivity index (χ2v) is 2.99. The quantitative estimate of drug-likeness (QED) is 0.686.